The van der Waals surface area contributed by atoms with Crippen LogP contribution in [0.5, 0.6) is 11.5 Å². The van der Waals surface area contributed by atoms with Crippen LogP contribution in [0.2, 0.25) is 0 Å². The molecule has 0 N–H and O–H groups in total. The maximum absolute atomic E-state index is 9.91. The van der Waals surface area contributed by atoms with Crippen molar-refractivity contribution in [2.24, 2.45) is 16.3 Å². The molecule has 0 spiro atoms. The Labute approximate surface area is 237 Å². The summed E-state index contributed by atoms with van der Waals surface area (Å²) in [6, 6.07) is 20.9. The van der Waals surface area contributed by atoms with Gasteiger partial charge in [0.25, 0.3) is 0 Å². The van der Waals surface area contributed by atoms with Crippen LogP contribution in [0.1, 0.15) is 54.3 Å². The van der Waals surface area contributed by atoms with Crippen LogP contribution in [0.4, 0.5) is 5.00 Å². The number of thiophene rings is 1. The van der Waals surface area contributed by atoms with Gasteiger partial charge in [-0.1, -0.05) is 63.2 Å². The highest BCUT2D eigenvalue weighted by atomic mass is 79.9. The molecule has 6 heteroatoms. The minimum absolute atomic E-state index is 0.262. The van der Waals surface area contributed by atoms with Crippen molar-refractivity contribution in [3.8, 4) is 17.6 Å². The second kappa shape index (κ2) is 10.9. The molecule has 0 fully saturated rings. The van der Waals surface area contributed by atoms with Gasteiger partial charge in [-0.15, -0.1) is 11.3 Å². The first-order valence-corrected chi connectivity index (χ1v) is 14.4. The van der Waals surface area contributed by atoms with Gasteiger partial charge in [0.05, 0.1) is 17.1 Å². The van der Waals surface area contributed by atoms with Gasteiger partial charge in [-0.05, 0) is 86.1 Å². The lowest BCUT2D eigenvalue weighted by molar-refractivity contribution is 0.218. The summed E-state index contributed by atoms with van der Waals surface area (Å²) >= 11 is 5.33. The van der Waals surface area contributed by atoms with Gasteiger partial charge < -0.3 is 9.47 Å². The Balaban J connectivity index is 1.38. The number of hydrogen-bond donors (Lipinski definition) is 0. The van der Waals surface area contributed by atoms with Crippen LogP contribution < -0.4 is 9.47 Å². The van der Waals surface area contributed by atoms with Gasteiger partial charge in [0.15, 0.2) is 11.5 Å². The van der Waals surface area contributed by atoms with Gasteiger partial charge >= 0.3 is 0 Å². The summed E-state index contributed by atoms with van der Waals surface area (Å²) in [5.41, 5.74) is 4.17. The Morgan fingerprint density at radius 3 is 2.71 bits per heavy atom. The average molecular weight is 588 g/mol. The molecule has 0 saturated carbocycles. The lowest BCUT2D eigenvalue weighted by Gasteiger charge is -2.33. The fourth-order valence-electron chi connectivity index (χ4n) is 5.17. The van der Waals surface area contributed by atoms with E-state index in [0.29, 0.717) is 24.0 Å². The summed E-state index contributed by atoms with van der Waals surface area (Å²) in [6.45, 7) is 7.34. The summed E-state index contributed by atoms with van der Waals surface area (Å²) in [5.74, 6) is 1.90. The van der Waals surface area contributed by atoms with Gasteiger partial charge in [-0.25, -0.2) is 4.99 Å². The topological polar surface area (TPSA) is 54.6 Å². The number of methoxy groups -OCH3 is 1. The third-order valence-corrected chi connectivity index (χ3v) is 9.17. The predicted octanol–water partition coefficient (Wildman–Crippen LogP) is 9.02. The smallest absolute Gasteiger partial charge is 0.175 e. The van der Waals surface area contributed by atoms with E-state index in [1.807, 2.05) is 30.3 Å². The molecule has 0 saturated heterocycles. The molecule has 4 aromatic rings. The van der Waals surface area contributed by atoms with Crippen molar-refractivity contribution < 1.29 is 9.47 Å². The fraction of sp³-hybridized carbons (Fsp3) is 0.312. The van der Waals surface area contributed by atoms with E-state index in [1.165, 1.54) is 21.2 Å². The minimum Gasteiger partial charge on any atom is -0.493 e. The first-order chi connectivity index (χ1) is 18.3. The van der Waals surface area contributed by atoms with Gasteiger partial charge in [-0.3, -0.25) is 0 Å². The van der Waals surface area contributed by atoms with E-state index in [4.69, 9.17) is 14.5 Å². The molecule has 1 aliphatic rings. The van der Waals surface area contributed by atoms with Crippen molar-refractivity contribution in [3.05, 3.63) is 86.2 Å². The third kappa shape index (κ3) is 5.36. The molecule has 0 radical (unpaired) electrons. The number of halogens is 1. The molecule has 38 heavy (non-hydrogen) atoms. The highest BCUT2D eigenvalue weighted by Crippen LogP contribution is 2.45. The monoisotopic (exact) mass is 586 g/mol. The number of nitriles is 1. The van der Waals surface area contributed by atoms with Crippen LogP contribution in [-0.4, -0.2) is 13.3 Å². The lowest BCUT2D eigenvalue weighted by atomic mass is 9.72. The number of hydrogen-bond acceptors (Lipinski definition) is 5. The van der Waals surface area contributed by atoms with Crippen LogP contribution in [0, 0.1) is 22.7 Å². The zero-order chi connectivity index (χ0) is 26.9. The number of rotatable bonds is 6. The molecular weight excluding hydrogens is 556 g/mol. The number of fused-ring (bicyclic) bond motifs is 2. The largest absolute Gasteiger partial charge is 0.493 e. The maximum atomic E-state index is 9.91. The Hall–Kier alpha value is -3.14. The molecule has 0 aliphatic heterocycles. The van der Waals surface area contributed by atoms with E-state index < -0.39 is 0 Å². The summed E-state index contributed by atoms with van der Waals surface area (Å²) in [6.07, 6.45) is 4.90. The van der Waals surface area contributed by atoms with Crippen molar-refractivity contribution >= 4 is 49.3 Å². The molecule has 194 valence electrons. The second-order valence-electron chi connectivity index (χ2n) is 10.8. The molecule has 0 amide bonds. The van der Waals surface area contributed by atoms with Crippen molar-refractivity contribution in [3.63, 3.8) is 0 Å². The third-order valence-electron chi connectivity index (χ3n) is 7.42. The highest BCUT2D eigenvalue weighted by Gasteiger charge is 2.32. The molecule has 0 bridgehead atoms. The normalized spacial score (nSPS) is 15.4. The van der Waals surface area contributed by atoms with Gasteiger partial charge in [0.1, 0.15) is 17.7 Å². The summed E-state index contributed by atoms with van der Waals surface area (Å²) in [5, 5.41) is 13.1. The van der Waals surface area contributed by atoms with Crippen molar-refractivity contribution in [1.82, 2.24) is 0 Å². The average Bonchev–Trinajstić information content (AvgIpc) is 3.27. The molecule has 4 nitrogen and oxygen atoms in total. The van der Waals surface area contributed by atoms with Crippen LogP contribution in [0.15, 0.2) is 64.1 Å². The van der Waals surface area contributed by atoms with E-state index in [-0.39, 0.29) is 5.41 Å². The van der Waals surface area contributed by atoms with Crippen LogP contribution in [-0.2, 0) is 19.4 Å². The van der Waals surface area contributed by atoms with Gasteiger partial charge in [-0.2, -0.15) is 5.26 Å². The van der Waals surface area contributed by atoms with E-state index >= 15 is 0 Å². The highest BCUT2D eigenvalue weighted by molar-refractivity contribution is 9.10. The second-order valence-corrected chi connectivity index (χ2v) is 12.8. The Morgan fingerprint density at radius 1 is 1.16 bits per heavy atom. The zero-order valence-corrected chi connectivity index (χ0v) is 24.6. The Morgan fingerprint density at radius 2 is 1.95 bits per heavy atom. The Kier molecular flexibility index (Phi) is 7.61. The van der Waals surface area contributed by atoms with Crippen LogP contribution in [0.25, 0.3) is 10.8 Å². The zero-order valence-electron chi connectivity index (χ0n) is 22.2. The maximum Gasteiger partial charge on any atom is 0.175 e. The Bertz CT molecular complexity index is 1550. The predicted molar refractivity (Wildman–Crippen MR) is 160 cm³/mol. The number of aliphatic imine (C=N–C) groups is 1. The molecular formula is C32H31BrN2O2S. The van der Waals surface area contributed by atoms with Crippen LogP contribution >= 0.6 is 27.3 Å². The summed E-state index contributed by atoms with van der Waals surface area (Å²) in [7, 11) is 1.64. The SMILES string of the molecule is COc1cc(C=Nc2sc3c(c2C#N)CC[C@@H](C(C)(C)C)C3)cc(Br)c1OCc1cccc2ccccc12. The van der Waals surface area contributed by atoms with Crippen molar-refractivity contribution in [2.75, 3.05) is 7.11 Å². The lowest BCUT2D eigenvalue weighted by Crippen LogP contribution is -2.26. The molecule has 3 aromatic carbocycles. The van der Waals surface area contributed by atoms with Gasteiger partial charge in [0.2, 0.25) is 0 Å². The first kappa shape index (κ1) is 26.5. The van der Waals surface area contributed by atoms with E-state index in [1.54, 1.807) is 24.7 Å². The molecule has 5 rings (SSSR count). The van der Waals surface area contributed by atoms with Crippen molar-refractivity contribution in [1.29, 1.82) is 5.26 Å². The standard InChI is InChI=1S/C32H31BrN2O2S/c1-32(2,3)23-12-13-25-26(17-34)31(38-29(25)16-23)35-18-20-14-27(33)30(28(15-20)36-4)37-19-22-10-7-9-21-8-5-6-11-24(21)22/h5-11,14-15,18,23H,12-13,16,19H2,1-4H3/t23-/m1/s1. The quantitative estimate of drug-likeness (QED) is 0.212. The van der Waals surface area contributed by atoms with Crippen molar-refractivity contribution in [2.45, 2.75) is 46.6 Å². The number of ether oxygens (including phenoxy) is 2. The molecule has 0 unspecified atom stereocenters. The summed E-state index contributed by atoms with van der Waals surface area (Å²) in [4.78, 5) is 6.08. The van der Waals surface area contributed by atoms with E-state index in [9.17, 15) is 5.26 Å². The minimum atomic E-state index is 0.262. The van der Waals surface area contributed by atoms with Gasteiger partial charge in [0, 0.05) is 11.1 Å². The molecule has 1 heterocycles. The molecule has 1 aromatic heterocycles. The number of nitrogens with zero attached hydrogens (tertiary/aromatic N) is 2. The first-order valence-electron chi connectivity index (χ1n) is 12.8. The summed E-state index contributed by atoms with van der Waals surface area (Å²) < 4.78 is 12.7. The number of benzene rings is 3. The fourth-order valence-corrected chi connectivity index (χ4v) is 6.97. The molecule has 1 aliphatic carbocycles. The van der Waals surface area contributed by atoms with E-state index in [0.717, 1.165) is 45.4 Å². The van der Waals surface area contributed by atoms with E-state index in [2.05, 4.69) is 67.0 Å². The molecule has 1 atom stereocenters. The van der Waals surface area contributed by atoms with Crippen LogP contribution in [0.3, 0.4) is 0 Å².